The van der Waals surface area contributed by atoms with Crippen LogP contribution in [0.3, 0.4) is 0 Å². The van der Waals surface area contributed by atoms with Crippen LogP contribution in [0.15, 0.2) is 58.2 Å². The Bertz CT molecular complexity index is 945. The zero-order valence-electron chi connectivity index (χ0n) is 13.1. The lowest BCUT2D eigenvalue weighted by Crippen LogP contribution is -2.13. The number of carbonyl (C=O) groups is 1. The summed E-state index contributed by atoms with van der Waals surface area (Å²) >= 11 is 6.85. The Kier molecular flexibility index (Phi) is 5.49. The van der Waals surface area contributed by atoms with E-state index in [9.17, 15) is 14.9 Å². The van der Waals surface area contributed by atoms with E-state index in [1.165, 1.54) is 18.2 Å². The number of halogens is 1. The molecule has 1 amide bonds. The minimum absolute atomic E-state index is 0.0686. The van der Waals surface area contributed by atoms with Crippen LogP contribution in [0.25, 0.3) is 11.5 Å². The molecule has 0 saturated heterocycles. The summed E-state index contributed by atoms with van der Waals surface area (Å²) in [5, 5.41) is 22.0. The van der Waals surface area contributed by atoms with E-state index in [-0.39, 0.29) is 28.5 Å². The molecule has 1 heterocycles. The highest BCUT2D eigenvalue weighted by atomic mass is 35.5. The zero-order valence-corrected chi connectivity index (χ0v) is 14.7. The number of nitro benzene ring substituents is 1. The van der Waals surface area contributed by atoms with Crippen molar-refractivity contribution in [3.8, 4) is 11.5 Å². The topological polar surface area (TPSA) is 111 Å². The number of aromatic nitrogens is 2. The number of anilines is 1. The van der Waals surface area contributed by atoms with E-state index >= 15 is 0 Å². The molecule has 0 bridgehead atoms. The molecule has 0 aliphatic rings. The fraction of sp³-hybridized carbons (Fsp3) is 0.0625. The zero-order chi connectivity index (χ0) is 18.5. The van der Waals surface area contributed by atoms with E-state index in [1.807, 2.05) is 0 Å². The molecular formula is C16H11ClN4O4S. The summed E-state index contributed by atoms with van der Waals surface area (Å²) in [6, 6.07) is 12.6. The number of carbonyl (C=O) groups excluding carboxylic acids is 1. The highest BCUT2D eigenvalue weighted by molar-refractivity contribution is 7.99. The monoisotopic (exact) mass is 390 g/mol. The highest BCUT2D eigenvalue weighted by Gasteiger charge is 2.14. The molecule has 3 rings (SSSR count). The Morgan fingerprint density at radius 2 is 2.00 bits per heavy atom. The molecule has 2 aromatic carbocycles. The maximum atomic E-state index is 11.9. The molecule has 0 spiro atoms. The molecule has 10 heteroatoms. The first-order chi connectivity index (χ1) is 12.5. The van der Waals surface area contributed by atoms with E-state index in [2.05, 4.69) is 15.5 Å². The molecule has 1 N–H and O–H groups in total. The van der Waals surface area contributed by atoms with E-state index < -0.39 is 4.92 Å². The van der Waals surface area contributed by atoms with Gasteiger partial charge in [-0.2, -0.15) is 0 Å². The maximum Gasteiger partial charge on any atom is 0.277 e. The molecule has 0 radical (unpaired) electrons. The molecule has 26 heavy (non-hydrogen) atoms. The SMILES string of the molecule is O=C(CSc1nnc(-c2cccc([N+](=O)[O-])c2)o1)Nc1ccc(Cl)cc1. The third kappa shape index (κ3) is 4.58. The summed E-state index contributed by atoms with van der Waals surface area (Å²) in [6.07, 6.45) is 0. The lowest BCUT2D eigenvalue weighted by atomic mass is 10.2. The fourth-order valence-electron chi connectivity index (χ4n) is 1.99. The van der Waals surface area contributed by atoms with Crippen molar-refractivity contribution in [1.29, 1.82) is 0 Å². The third-order valence-electron chi connectivity index (χ3n) is 3.17. The number of nitrogens with one attached hydrogen (secondary N) is 1. The molecule has 0 atom stereocenters. The van der Waals surface area contributed by atoms with E-state index in [0.717, 1.165) is 11.8 Å². The second-order valence-corrected chi connectivity index (χ2v) is 6.39. The molecule has 0 saturated carbocycles. The summed E-state index contributed by atoms with van der Waals surface area (Å²) in [5.74, 6) is -0.0270. The molecule has 0 unspecified atom stereocenters. The quantitative estimate of drug-likeness (QED) is 0.384. The summed E-state index contributed by atoms with van der Waals surface area (Å²) < 4.78 is 5.44. The van der Waals surface area contributed by atoms with Gasteiger partial charge < -0.3 is 9.73 Å². The van der Waals surface area contributed by atoms with Gasteiger partial charge in [-0.05, 0) is 30.3 Å². The Morgan fingerprint density at radius 1 is 1.23 bits per heavy atom. The second kappa shape index (κ2) is 7.98. The van der Waals surface area contributed by atoms with Gasteiger partial charge in [0.2, 0.25) is 11.8 Å². The van der Waals surface area contributed by atoms with Crippen molar-refractivity contribution in [1.82, 2.24) is 10.2 Å². The van der Waals surface area contributed by atoms with E-state index in [0.29, 0.717) is 16.3 Å². The number of rotatable bonds is 6. The van der Waals surface area contributed by atoms with Crippen molar-refractivity contribution < 1.29 is 14.1 Å². The molecule has 0 aliphatic heterocycles. The van der Waals surface area contributed by atoms with Gasteiger partial charge in [-0.15, -0.1) is 10.2 Å². The summed E-state index contributed by atoms with van der Waals surface area (Å²) in [5.41, 5.74) is 0.990. The lowest BCUT2D eigenvalue weighted by molar-refractivity contribution is -0.384. The van der Waals surface area contributed by atoms with Crippen LogP contribution in [-0.2, 0) is 4.79 Å². The first-order valence-electron chi connectivity index (χ1n) is 7.28. The van der Waals surface area contributed by atoms with Gasteiger partial charge in [-0.25, -0.2) is 0 Å². The number of nitrogens with zero attached hydrogens (tertiary/aromatic N) is 3. The van der Waals surface area contributed by atoms with Gasteiger partial charge in [0.15, 0.2) is 0 Å². The van der Waals surface area contributed by atoms with Crippen LogP contribution in [0, 0.1) is 10.1 Å². The normalized spacial score (nSPS) is 10.5. The van der Waals surface area contributed by atoms with Crippen molar-refractivity contribution in [2.75, 3.05) is 11.1 Å². The Balaban J connectivity index is 1.60. The molecule has 132 valence electrons. The second-order valence-electron chi connectivity index (χ2n) is 5.02. The van der Waals surface area contributed by atoms with Crippen LogP contribution in [0.1, 0.15) is 0 Å². The van der Waals surface area contributed by atoms with Gasteiger partial charge in [-0.3, -0.25) is 14.9 Å². The first-order valence-corrected chi connectivity index (χ1v) is 8.64. The minimum Gasteiger partial charge on any atom is -0.411 e. The number of benzene rings is 2. The summed E-state index contributed by atoms with van der Waals surface area (Å²) in [7, 11) is 0. The number of nitro groups is 1. The van der Waals surface area contributed by atoms with Crippen molar-refractivity contribution in [3.05, 3.63) is 63.7 Å². The smallest absolute Gasteiger partial charge is 0.277 e. The molecule has 8 nitrogen and oxygen atoms in total. The predicted octanol–water partition coefficient (Wildman–Crippen LogP) is 4.03. The number of amides is 1. The van der Waals surface area contributed by atoms with Crippen LogP contribution < -0.4 is 5.32 Å². The number of hydrogen-bond acceptors (Lipinski definition) is 7. The van der Waals surface area contributed by atoms with Crippen LogP contribution >= 0.6 is 23.4 Å². The van der Waals surface area contributed by atoms with Crippen LogP contribution in [-0.4, -0.2) is 26.8 Å². The Hall–Kier alpha value is -2.91. The predicted molar refractivity (Wildman–Crippen MR) is 97.2 cm³/mol. The largest absolute Gasteiger partial charge is 0.411 e. The van der Waals surface area contributed by atoms with Gasteiger partial charge in [-0.1, -0.05) is 29.4 Å². The number of hydrogen-bond donors (Lipinski definition) is 1. The Labute approximate surface area is 156 Å². The number of thioether (sulfide) groups is 1. The molecule has 0 aliphatic carbocycles. The van der Waals surface area contributed by atoms with Crippen molar-refractivity contribution in [2.45, 2.75) is 5.22 Å². The van der Waals surface area contributed by atoms with E-state index in [1.54, 1.807) is 30.3 Å². The van der Waals surface area contributed by atoms with Crippen LogP contribution in [0.2, 0.25) is 5.02 Å². The highest BCUT2D eigenvalue weighted by Crippen LogP contribution is 2.26. The fourth-order valence-corrected chi connectivity index (χ4v) is 2.68. The lowest BCUT2D eigenvalue weighted by Gasteiger charge is -2.03. The standard InChI is InChI=1S/C16H11ClN4O4S/c17-11-4-6-12(7-5-11)18-14(22)9-26-16-20-19-15(25-16)10-2-1-3-13(8-10)21(23)24/h1-8H,9H2,(H,18,22). The van der Waals surface area contributed by atoms with Crippen LogP contribution in [0.4, 0.5) is 11.4 Å². The first kappa shape index (κ1) is 17.9. The van der Waals surface area contributed by atoms with Gasteiger partial charge in [0.25, 0.3) is 10.9 Å². The van der Waals surface area contributed by atoms with Gasteiger partial charge in [0, 0.05) is 28.4 Å². The average molecular weight is 391 g/mol. The Morgan fingerprint density at radius 3 is 2.73 bits per heavy atom. The molecular weight excluding hydrogens is 380 g/mol. The van der Waals surface area contributed by atoms with Gasteiger partial charge >= 0.3 is 0 Å². The van der Waals surface area contributed by atoms with Crippen molar-refractivity contribution in [2.24, 2.45) is 0 Å². The van der Waals surface area contributed by atoms with Crippen LogP contribution in [0.5, 0.6) is 0 Å². The average Bonchev–Trinajstić information content (AvgIpc) is 3.11. The maximum absolute atomic E-state index is 11.9. The summed E-state index contributed by atoms with van der Waals surface area (Å²) in [6.45, 7) is 0. The third-order valence-corrected chi connectivity index (χ3v) is 4.24. The van der Waals surface area contributed by atoms with Gasteiger partial charge in [0.05, 0.1) is 10.7 Å². The van der Waals surface area contributed by atoms with Crippen molar-refractivity contribution in [3.63, 3.8) is 0 Å². The number of non-ortho nitro benzene ring substituents is 1. The molecule has 3 aromatic rings. The van der Waals surface area contributed by atoms with E-state index in [4.69, 9.17) is 16.0 Å². The summed E-state index contributed by atoms with van der Waals surface area (Å²) in [4.78, 5) is 22.3. The van der Waals surface area contributed by atoms with Crippen molar-refractivity contribution >= 4 is 40.6 Å². The minimum atomic E-state index is -0.503. The van der Waals surface area contributed by atoms with Gasteiger partial charge in [0.1, 0.15) is 0 Å². The molecule has 1 aromatic heterocycles. The molecule has 0 fully saturated rings.